The van der Waals surface area contributed by atoms with Crippen molar-refractivity contribution in [2.24, 2.45) is 5.73 Å². The fraction of sp³-hybridized carbons (Fsp3) is 0.393. The molecule has 194 valence electrons. The van der Waals surface area contributed by atoms with E-state index in [1.165, 1.54) is 0 Å². The van der Waals surface area contributed by atoms with Crippen molar-refractivity contribution >= 4 is 34.5 Å². The van der Waals surface area contributed by atoms with Crippen molar-refractivity contribution in [1.82, 2.24) is 15.2 Å². The zero-order chi connectivity index (χ0) is 26.2. The predicted molar refractivity (Wildman–Crippen MR) is 141 cm³/mol. The number of amides is 3. The van der Waals surface area contributed by atoms with Crippen LogP contribution in [0, 0.1) is 0 Å². The van der Waals surface area contributed by atoms with Gasteiger partial charge < -0.3 is 25.7 Å². The molecule has 0 spiro atoms. The predicted octanol–water partition coefficient (Wildman–Crippen LogP) is 3.08. The van der Waals surface area contributed by atoms with Gasteiger partial charge in [0.05, 0.1) is 11.2 Å². The number of hydrogen-bond acceptors (Lipinski definition) is 5. The summed E-state index contributed by atoms with van der Waals surface area (Å²) in [5.74, 6) is -0.531. The van der Waals surface area contributed by atoms with Crippen molar-refractivity contribution < 1.29 is 19.1 Å². The number of rotatable bonds is 6. The van der Waals surface area contributed by atoms with Gasteiger partial charge in [0.25, 0.3) is 0 Å². The van der Waals surface area contributed by atoms with Gasteiger partial charge in [-0.15, -0.1) is 0 Å². The second-order valence-electron chi connectivity index (χ2n) is 10.4. The van der Waals surface area contributed by atoms with Crippen LogP contribution in [-0.4, -0.2) is 58.5 Å². The van der Waals surface area contributed by atoms with Crippen LogP contribution >= 0.6 is 0 Å². The summed E-state index contributed by atoms with van der Waals surface area (Å²) in [5, 5.41) is 3.91. The largest absolute Gasteiger partial charge is 0.444 e. The third kappa shape index (κ3) is 5.04. The molecule has 2 aliphatic rings. The Morgan fingerprint density at radius 3 is 2.59 bits per heavy atom. The summed E-state index contributed by atoms with van der Waals surface area (Å²) in [6.45, 7) is 4.46. The maximum Gasteiger partial charge on any atom is 0.414 e. The van der Waals surface area contributed by atoms with Crippen LogP contribution in [0.5, 0.6) is 0 Å². The Bertz CT molecular complexity index is 1320. The third-order valence-electron chi connectivity index (χ3n) is 7.23. The van der Waals surface area contributed by atoms with E-state index in [1.54, 1.807) is 23.6 Å². The summed E-state index contributed by atoms with van der Waals surface area (Å²) in [6, 6.07) is 14.8. The van der Waals surface area contributed by atoms with Crippen molar-refractivity contribution in [3.63, 3.8) is 0 Å². The highest BCUT2D eigenvalue weighted by Crippen LogP contribution is 2.32. The standard InChI is InChI=1S/C28H33N5O4/c1-28(2,29)26(35)31-23(15-19-16-30-22-9-5-4-8-21(19)22)25(34)32-13-11-20(12-14-32)33-24-10-6-3-7-18(24)17-37-27(33)36/h3-10,16,20,23,30H,11-15,17,29H2,1-2H3,(H,31,35)/t23-/m1/s1. The van der Waals surface area contributed by atoms with E-state index in [-0.39, 0.29) is 30.6 Å². The van der Waals surface area contributed by atoms with Crippen molar-refractivity contribution in [3.05, 3.63) is 65.9 Å². The summed E-state index contributed by atoms with van der Waals surface area (Å²) < 4.78 is 5.40. The molecule has 3 heterocycles. The zero-order valence-electron chi connectivity index (χ0n) is 21.2. The number of likely N-dealkylation sites (tertiary alicyclic amines) is 1. The highest BCUT2D eigenvalue weighted by Gasteiger charge is 2.37. The lowest BCUT2D eigenvalue weighted by Crippen LogP contribution is -2.58. The molecule has 1 atom stereocenters. The second-order valence-corrected chi connectivity index (χ2v) is 10.4. The van der Waals surface area contributed by atoms with Crippen LogP contribution in [0.1, 0.15) is 37.8 Å². The average molecular weight is 504 g/mol. The van der Waals surface area contributed by atoms with Crippen LogP contribution in [0.25, 0.3) is 10.9 Å². The Hall–Kier alpha value is -3.85. The number of nitrogens with zero attached hydrogens (tertiary/aromatic N) is 2. The monoisotopic (exact) mass is 503 g/mol. The number of carbonyl (C=O) groups excluding carboxylic acids is 3. The lowest BCUT2D eigenvalue weighted by molar-refractivity contribution is -0.138. The Morgan fingerprint density at radius 1 is 1.14 bits per heavy atom. The maximum absolute atomic E-state index is 13.7. The van der Waals surface area contributed by atoms with E-state index in [0.717, 1.165) is 27.7 Å². The number of ether oxygens (including phenoxy) is 1. The number of nitrogens with two attached hydrogens (primary N) is 1. The minimum Gasteiger partial charge on any atom is -0.444 e. The van der Waals surface area contributed by atoms with Gasteiger partial charge in [-0.25, -0.2) is 4.79 Å². The fourth-order valence-corrected chi connectivity index (χ4v) is 5.15. The van der Waals surface area contributed by atoms with Crippen LogP contribution in [0.4, 0.5) is 10.5 Å². The first-order valence-electron chi connectivity index (χ1n) is 12.7. The molecule has 9 heteroatoms. The number of fused-ring (bicyclic) bond motifs is 2. The van der Waals surface area contributed by atoms with Crippen molar-refractivity contribution in [3.8, 4) is 0 Å². The molecule has 2 aliphatic heterocycles. The first kappa shape index (κ1) is 24.8. The fourth-order valence-electron chi connectivity index (χ4n) is 5.15. The van der Waals surface area contributed by atoms with Gasteiger partial charge in [0.1, 0.15) is 12.6 Å². The lowest BCUT2D eigenvalue weighted by atomic mass is 9.98. The molecule has 5 rings (SSSR count). The SMILES string of the molecule is CC(C)(N)C(=O)N[C@H](Cc1c[nH]c2ccccc12)C(=O)N1CCC(N2C(=O)OCc3ccccc32)CC1. The molecule has 4 N–H and O–H groups in total. The Kier molecular flexibility index (Phi) is 6.64. The normalized spacial score (nSPS) is 17.3. The summed E-state index contributed by atoms with van der Waals surface area (Å²) in [7, 11) is 0. The van der Waals surface area contributed by atoms with Crippen LogP contribution < -0.4 is 16.0 Å². The van der Waals surface area contributed by atoms with Crippen molar-refractivity contribution in [1.29, 1.82) is 0 Å². The molecule has 0 unspecified atom stereocenters. The molecule has 3 aromatic rings. The molecule has 2 aromatic carbocycles. The number of benzene rings is 2. The van der Waals surface area contributed by atoms with E-state index in [0.29, 0.717) is 32.4 Å². The van der Waals surface area contributed by atoms with Gasteiger partial charge in [0, 0.05) is 48.2 Å². The number of carbonyl (C=O) groups is 3. The molecule has 0 radical (unpaired) electrons. The van der Waals surface area contributed by atoms with E-state index >= 15 is 0 Å². The Balaban J connectivity index is 1.32. The van der Waals surface area contributed by atoms with Crippen molar-refractivity contribution in [2.75, 3.05) is 18.0 Å². The maximum atomic E-state index is 13.7. The van der Waals surface area contributed by atoms with Gasteiger partial charge in [0.2, 0.25) is 11.8 Å². The molecule has 1 fully saturated rings. The van der Waals surface area contributed by atoms with Crippen LogP contribution in [0.3, 0.4) is 0 Å². The van der Waals surface area contributed by atoms with Gasteiger partial charge >= 0.3 is 6.09 Å². The van der Waals surface area contributed by atoms with E-state index in [2.05, 4.69) is 10.3 Å². The first-order valence-corrected chi connectivity index (χ1v) is 12.7. The molecule has 37 heavy (non-hydrogen) atoms. The number of para-hydroxylation sites is 2. The first-order chi connectivity index (χ1) is 17.7. The molecule has 3 amide bonds. The van der Waals surface area contributed by atoms with E-state index in [4.69, 9.17) is 10.5 Å². The minimum atomic E-state index is -1.12. The van der Waals surface area contributed by atoms with Gasteiger partial charge in [-0.3, -0.25) is 14.5 Å². The molecule has 0 saturated carbocycles. The van der Waals surface area contributed by atoms with E-state index in [1.807, 2.05) is 54.7 Å². The number of anilines is 1. The van der Waals surface area contributed by atoms with Gasteiger partial charge in [-0.2, -0.15) is 0 Å². The number of hydrogen-bond donors (Lipinski definition) is 3. The number of cyclic esters (lactones) is 1. The molecule has 1 aromatic heterocycles. The molecule has 0 aliphatic carbocycles. The van der Waals surface area contributed by atoms with Gasteiger partial charge in [-0.05, 0) is 44.4 Å². The third-order valence-corrected chi connectivity index (χ3v) is 7.23. The summed E-state index contributed by atoms with van der Waals surface area (Å²) in [4.78, 5) is 45.9. The van der Waals surface area contributed by atoms with Crippen molar-refractivity contribution in [2.45, 2.75) is 57.3 Å². The number of nitrogens with one attached hydrogen (secondary N) is 2. The molecule has 1 saturated heterocycles. The number of piperidine rings is 1. The van der Waals surface area contributed by atoms with Crippen LogP contribution in [0.15, 0.2) is 54.7 Å². The van der Waals surface area contributed by atoms with Crippen LogP contribution in [-0.2, 0) is 27.4 Å². The quantitative estimate of drug-likeness (QED) is 0.477. The highest BCUT2D eigenvalue weighted by atomic mass is 16.6. The smallest absolute Gasteiger partial charge is 0.414 e. The average Bonchev–Trinajstić information content (AvgIpc) is 3.30. The van der Waals surface area contributed by atoms with Gasteiger partial charge in [-0.1, -0.05) is 36.4 Å². The number of aromatic nitrogens is 1. The second kappa shape index (κ2) is 9.89. The van der Waals surface area contributed by atoms with E-state index < -0.39 is 11.6 Å². The number of aromatic amines is 1. The Morgan fingerprint density at radius 2 is 1.84 bits per heavy atom. The highest BCUT2D eigenvalue weighted by molar-refractivity contribution is 5.93. The summed E-state index contributed by atoms with van der Waals surface area (Å²) in [5.41, 5.74) is 8.69. The molecule has 9 nitrogen and oxygen atoms in total. The zero-order valence-corrected chi connectivity index (χ0v) is 21.2. The molecular formula is C28H33N5O4. The van der Waals surface area contributed by atoms with E-state index in [9.17, 15) is 14.4 Å². The van der Waals surface area contributed by atoms with Gasteiger partial charge in [0.15, 0.2) is 0 Å². The lowest BCUT2D eigenvalue weighted by Gasteiger charge is -2.41. The Labute approximate surface area is 215 Å². The van der Waals surface area contributed by atoms with Crippen LogP contribution in [0.2, 0.25) is 0 Å². The topological polar surface area (TPSA) is 121 Å². The molecular weight excluding hydrogens is 470 g/mol. The summed E-state index contributed by atoms with van der Waals surface area (Å²) >= 11 is 0. The minimum absolute atomic E-state index is 0.0670. The number of H-pyrrole nitrogens is 1. The summed E-state index contributed by atoms with van der Waals surface area (Å²) in [6.07, 6.45) is 3.11. The molecule has 0 bridgehead atoms.